The van der Waals surface area contributed by atoms with Crippen LogP contribution >= 0.6 is 0 Å². The Morgan fingerprint density at radius 2 is 1.54 bits per heavy atom. The number of methoxy groups -OCH3 is 4. The smallest absolute Gasteiger partial charge is 0.295 e. The van der Waals surface area contributed by atoms with Gasteiger partial charge in [0.2, 0.25) is 0 Å². The molecule has 1 atom stereocenters. The van der Waals surface area contributed by atoms with Gasteiger partial charge in [-0.05, 0) is 66.1 Å². The second-order valence-electron chi connectivity index (χ2n) is 8.58. The molecule has 3 aromatic rings. The molecule has 3 aromatic carbocycles. The molecule has 1 fully saturated rings. The van der Waals surface area contributed by atoms with E-state index in [1.165, 1.54) is 12.0 Å². The van der Waals surface area contributed by atoms with Crippen molar-refractivity contribution in [2.45, 2.75) is 19.5 Å². The Bertz CT molecular complexity index is 1380. The normalized spacial score (nSPS) is 16.6. The van der Waals surface area contributed by atoms with E-state index in [9.17, 15) is 14.7 Å². The van der Waals surface area contributed by atoms with Crippen molar-refractivity contribution in [3.8, 4) is 23.0 Å². The van der Waals surface area contributed by atoms with Crippen molar-refractivity contribution in [3.05, 3.63) is 88.5 Å². The zero-order chi connectivity index (χ0) is 26.7. The summed E-state index contributed by atoms with van der Waals surface area (Å²) in [6, 6.07) is 16.7. The van der Waals surface area contributed by atoms with Crippen LogP contribution in [0.2, 0.25) is 0 Å². The zero-order valence-electron chi connectivity index (χ0n) is 21.4. The van der Waals surface area contributed by atoms with Gasteiger partial charge in [-0.15, -0.1) is 0 Å². The number of hydrogen-bond donors (Lipinski definition) is 1. The van der Waals surface area contributed by atoms with Gasteiger partial charge >= 0.3 is 0 Å². The van der Waals surface area contributed by atoms with E-state index in [1.54, 1.807) is 82.0 Å². The summed E-state index contributed by atoms with van der Waals surface area (Å²) in [5.74, 6) is 0.528. The fourth-order valence-corrected chi connectivity index (χ4v) is 4.56. The average Bonchev–Trinajstić information content (AvgIpc) is 3.17. The summed E-state index contributed by atoms with van der Waals surface area (Å²) in [6.07, 6.45) is 0. The van der Waals surface area contributed by atoms with Crippen molar-refractivity contribution in [3.63, 3.8) is 0 Å². The average molecular weight is 504 g/mol. The SMILES string of the molecule is COc1cccc(C2/C(=C(/O)c3ccc(OC)c(C)c3)C(=O)C(=O)N2Cc2ccc(OC)c(OC)c2)c1. The molecule has 0 radical (unpaired) electrons. The first kappa shape index (κ1) is 25.6. The summed E-state index contributed by atoms with van der Waals surface area (Å²) in [5.41, 5.74) is 2.56. The topological polar surface area (TPSA) is 94.5 Å². The van der Waals surface area contributed by atoms with Crippen LogP contribution in [0.4, 0.5) is 0 Å². The number of Topliss-reactive ketones (excluding diaryl/α,β-unsaturated/α-hetero) is 1. The lowest BCUT2D eigenvalue weighted by molar-refractivity contribution is -0.140. The lowest BCUT2D eigenvalue weighted by Crippen LogP contribution is -2.29. The second kappa shape index (κ2) is 10.7. The first-order valence-corrected chi connectivity index (χ1v) is 11.6. The predicted octanol–water partition coefficient (Wildman–Crippen LogP) is 4.65. The molecule has 8 heteroatoms. The van der Waals surface area contributed by atoms with Crippen LogP contribution in [0, 0.1) is 6.92 Å². The number of likely N-dealkylation sites (tertiary alicyclic amines) is 1. The summed E-state index contributed by atoms with van der Waals surface area (Å²) in [4.78, 5) is 28.2. The van der Waals surface area contributed by atoms with Gasteiger partial charge in [-0.1, -0.05) is 18.2 Å². The number of ether oxygens (including phenoxy) is 4. The van der Waals surface area contributed by atoms with Crippen LogP contribution < -0.4 is 18.9 Å². The van der Waals surface area contributed by atoms with Gasteiger partial charge in [0, 0.05) is 12.1 Å². The molecule has 1 amide bonds. The van der Waals surface area contributed by atoms with E-state index in [-0.39, 0.29) is 17.9 Å². The lowest BCUT2D eigenvalue weighted by Gasteiger charge is -2.26. The minimum Gasteiger partial charge on any atom is -0.507 e. The molecule has 1 saturated heterocycles. The first-order chi connectivity index (χ1) is 17.8. The van der Waals surface area contributed by atoms with Gasteiger partial charge in [0.1, 0.15) is 17.3 Å². The molecule has 37 heavy (non-hydrogen) atoms. The highest BCUT2D eigenvalue weighted by atomic mass is 16.5. The molecule has 8 nitrogen and oxygen atoms in total. The van der Waals surface area contributed by atoms with Crippen molar-refractivity contribution in [1.82, 2.24) is 4.90 Å². The first-order valence-electron chi connectivity index (χ1n) is 11.6. The Hall–Kier alpha value is -4.46. The van der Waals surface area contributed by atoms with Gasteiger partial charge < -0.3 is 29.0 Å². The van der Waals surface area contributed by atoms with Crippen LogP contribution in [0.15, 0.2) is 66.2 Å². The number of carbonyl (C=O) groups excluding carboxylic acids is 2. The van der Waals surface area contributed by atoms with Gasteiger partial charge in [0.25, 0.3) is 11.7 Å². The van der Waals surface area contributed by atoms with Gasteiger partial charge in [-0.3, -0.25) is 9.59 Å². The predicted molar refractivity (Wildman–Crippen MR) is 138 cm³/mol. The molecule has 1 heterocycles. The Labute approximate surface area is 215 Å². The van der Waals surface area contributed by atoms with Gasteiger partial charge in [-0.25, -0.2) is 0 Å². The lowest BCUT2D eigenvalue weighted by atomic mass is 9.94. The van der Waals surface area contributed by atoms with Crippen LogP contribution in [0.1, 0.15) is 28.3 Å². The molecule has 1 unspecified atom stereocenters. The minimum absolute atomic E-state index is 0.00305. The maximum Gasteiger partial charge on any atom is 0.295 e. The van der Waals surface area contributed by atoms with E-state index in [2.05, 4.69) is 0 Å². The third-order valence-corrected chi connectivity index (χ3v) is 6.42. The van der Waals surface area contributed by atoms with E-state index < -0.39 is 17.7 Å². The van der Waals surface area contributed by atoms with E-state index in [0.29, 0.717) is 34.1 Å². The van der Waals surface area contributed by atoms with Crippen LogP contribution in [-0.2, 0) is 16.1 Å². The molecule has 192 valence electrons. The number of amides is 1. The highest BCUT2D eigenvalue weighted by Crippen LogP contribution is 2.42. The van der Waals surface area contributed by atoms with Crippen molar-refractivity contribution < 1.29 is 33.6 Å². The largest absolute Gasteiger partial charge is 0.507 e. The van der Waals surface area contributed by atoms with Crippen molar-refractivity contribution >= 4 is 17.4 Å². The quantitative estimate of drug-likeness (QED) is 0.272. The van der Waals surface area contributed by atoms with Crippen LogP contribution in [0.3, 0.4) is 0 Å². The number of hydrogen-bond acceptors (Lipinski definition) is 7. The fourth-order valence-electron chi connectivity index (χ4n) is 4.56. The number of rotatable bonds is 8. The Kier molecular flexibility index (Phi) is 7.38. The molecular formula is C29H29NO7. The van der Waals surface area contributed by atoms with E-state index >= 15 is 0 Å². The van der Waals surface area contributed by atoms with Crippen LogP contribution in [0.25, 0.3) is 5.76 Å². The van der Waals surface area contributed by atoms with Gasteiger partial charge in [0.15, 0.2) is 11.5 Å². The van der Waals surface area contributed by atoms with E-state index in [0.717, 1.165) is 11.1 Å². The molecule has 1 aliphatic rings. The molecule has 0 saturated carbocycles. The molecule has 4 rings (SSSR count). The van der Waals surface area contributed by atoms with E-state index in [1.807, 2.05) is 6.92 Å². The van der Waals surface area contributed by atoms with Crippen molar-refractivity contribution in [1.29, 1.82) is 0 Å². The summed E-state index contributed by atoms with van der Waals surface area (Å²) in [5, 5.41) is 11.4. The number of aryl methyl sites for hydroxylation is 1. The van der Waals surface area contributed by atoms with Crippen molar-refractivity contribution in [2.75, 3.05) is 28.4 Å². The molecule has 1 aliphatic heterocycles. The fraction of sp³-hybridized carbons (Fsp3) is 0.241. The molecule has 0 aliphatic carbocycles. The number of carbonyl (C=O) groups is 2. The molecule has 0 bridgehead atoms. The van der Waals surface area contributed by atoms with Crippen LogP contribution in [0.5, 0.6) is 23.0 Å². The zero-order valence-corrected chi connectivity index (χ0v) is 21.4. The Balaban J connectivity index is 1.86. The number of benzene rings is 3. The van der Waals surface area contributed by atoms with Crippen molar-refractivity contribution in [2.24, 2.45) is 0 Å². The third kappa shape index (κ3) is 4.82. The Morgan fingerprint density at radius 1 is 0.838 bits per heavy atom. The van der Waals surface area contributed by atoms with Gasteiger partial charge in [0.05, 0.1) is 40.1 Å². The minimum atomic E-state index is -0.842. The third-order valence-electron chi connectivity index (χ3n) is 6.42. The summed E-state index contributed by atoms with van der Waals surface area (Å²) in [7, 11) is 6.17. The molecule has 0 spiro atoms. The Morgan fingerprint density at radius 3 is 2.19 bits per heavy atom. The summed E-state index contributed by atoms with van der Waals surface area (Å²) < 4.78 is 21.4. The highest BCUT2D eigenvalue weighted by Gasteiger charge is 2.46. The molecular weight excluding hydrogens is 474 g/mol. The van der Waals surface area contributed by atoms with E-state index in [4.69, 9.17) is 18.9 Å². The summed E-state index contributed by atoms with van der Waals surface area (Å²) in [6.45, 7) is 1.94. The highest BCUT2D eigenvalue weighted by molar-refractivity contribution is 6.46. The molecule has 0 aromatic heterocycles. The summed E-state index contributed by atoms with van der Waals surface area (Å²) >= 11 is 0. The second-order valence-corrected chi connectivity index (χ2v) is 8.58. The number of aliphatic hydroxyl groups excluding tert-OH is 1. The maximum atomic E-state index is 13.4. The monoisotopic (exact) mass is 503 g/mol. The maximum absolute atomic E-state index is 13.4. The standard InChI is InChI=1S/C29H29NO7/c1-17-13-20(10-12-22(17)35-3)27(31)25-26(19-7-6-8-21(15-19)34-2)30(29(33)28(25)32)16-18-9-11-23(36-4)24(14-18)37-5/h6-15,26,31H,16H2,1-5H3/b27-25-. The number of nitrogens with zero attached hydrogens (tertiary/aromatic N) is 1. The molecule has 1 N–H and O–H groups in total. The number of ketones is 1. The van der Waals surface area contributed by atoms with Crippen LogP contribution in [-0.4, -0.2) is 50.1 Å². The van der Waals surface area contributed by atoms with Gasteiger partial charge in [-0.2, -0.15) is 0 Å². The number of aliphatic hydroxyl groups is 1.